The highest BCUT2D eigenvalue weighted by molar-refractivity contribution is 7.93. The maximum Gasteiger partial charge on any atom is 0.316 e. The number of ether oxygens (including phenoxy) is 1. The van der Waals surface area contributed by atoms with Gasteiger partial charge in [0.2, 0.25) is 0 Å². The molecule has 0 radical (unpaired) electrons. The molecular formula is C17H19N5O4S. The summed E-state index contributed by atoms with van der Waals surface area (Å²) < 4.78 is 30.1. The van der Waals surface area contributed by atoms with Gasteiger partial charge in [0, 0.05) is 43.3 Å². The molecule has 2 aliphatic rings. The smallest absolute Gasteiger partial charge is 0.316 e. The third-order valence-corrected chi connectivity index (χ3v) is 7.87. The Bertz CT molecular complexity index is 960. The number of hydrogen-bond donors (Lipinski definition) is 0. The molecule has 142 valence electrons. The summed E-state index contributed by atoms with van der Waals surface area (Å²) in [4.78, 5) is 30.1. The van der Waals surface area contributed by atoms with E-state index < -0.39 is 14.6 Å². The zero-order chi connectivity index (χ0) is 19.1. The standard InChI is InChI=1S/C17H19N5O4S/c1-12-2-4-20-16(21-12)26-9-13-3-7-27(24,25)17(13)10-22(11-17)15(23)14-8-18-5-6-19-14/h2,4-6,8,13H,3,7,9-11H2,1H3/t13-/m1/s1. The van der Waals surface area contributed by atoms with Crippen molar-refractivity contribution in [2.75, 3.05) is 25.4 Å². The van der Waals surface area contributed by atoms with E-state index in [4.69, 9.17) is 4.74 Å². The highest BCUT2D eigenvalue weighted by Gasteiger charge is 2.62. The van der Waals surface area contributed by atoms with E-state index in [0.29, 0.717) is 6.42 Å². The lowest BCUT2D eigenvalue weighted by atomic mass is 9.83. The van der Waals surface area contributed by atoms with Crippen LogP contribution in [0.4, 0.5) is 0 Å². The number of hydrogen-bond acceptors (Lipinski definition) is 8. The summed E-state index contributed by atoms with van der Waals surface area (Å²) in [6, 6.07) is 2.00. The Morgan fingerprint density at radius 1 is 1.30 bits per heavy atom. The Morgan fingerprint density at radius 2 is 2.11 bits per heavy atom. The fourth-order valence-electron chi connectivity index (χ4n) is 3.69. The average molecular weight is 389 g/mol. The first-order valence-electron chi connectivity index (χ1n) is 8.61. The zero-order valence-electron chi connectivity index (χ0n) is 14.8. The summed E-state index contributed by atoms with van der Waals surface area (Å²) in [5.74, 6) is -0.418. The number of carbonyl (C=O) groups excluding carboxylic acids is 1. The second kappa shape index (κ2) is 6.52. The van der Waals surface area contributed by atoms with E-state index in [1.807, 2.05) is 6.92 Å². The van der Waals surface area contributed by atoms with Gasteiger partial charge < -0.3 is 9.64 Å². The Kier molecular flexibility index (Phi) is 4.29. The van der Waals surface area contributed by atoms with Crippen molar-refractivity contribution in [2.24, 2.45) is 5.92 Å². The van der Waals surface area contributed by atoms with E-state index in [0.717, 1.165) is 5.69 Å². The van der Waals surface area contributed by atoms with Crippen molar-refractivity contribution in [2.45, 2.75) is 18.1 Å². The molecule has 2 saturated heterocycles. The third-order valence-electron chi connectivity index (χ3n) is 5.27. The molecule has 0 bridgehead atoms. The molecule has 2 aromatic heterocycles. The van der Waals surface area contributed by atoms with E-state index in [9.17, 15) is 13.2 Å². The molecule has 2 aromatic rings. The second-order valence-corrected chi connectivity index (χ2v) is 9.36. The summed E-state index contributed by atoms with van der Waals surface area (Å²) in [5, 5.41) is 0. The molecule has 0 aromatic carbocycles. The summed E-state index contributed by atoms with van der Waals surface area (Å²) in [6.45, 7) is 2.33. The molecule has 9 nitrogen and oxygen atoms in total. The van der Waals surface area contributed by atoms with Crippen LogP contribution >= 0.6 is 0 Å². The molecule has 2 fully saturated rings. The first-order valence-corrected chi connectivity index (χ1v) is 10.3. The topological polar surface area (TPSA) is 115 Å². The van der Waals surface area contributed by atoms with Crippen molar-refractivity contribution in [1.82, 2.24) is 24.8 Å². The van der Waals surface area contributed by atoms with Gasteiger partial charge in [-0.2, -0.15) is 0 Å². The summed E-state index contributed by atoms with van der Waals surface area (Å²) in [6.07, 6.45) is 6.40. The van der Waals surface area contributed by atoms with Gasteiger partial charge in [-0.1, -0.05) is 0 Å². The predicted molar refractivity (Wildman–Crippen MR) is 94.8 cm³/mol. The molecule has 0 N–H and O–H groups in total. The molecule has 2 aliphatic heterocycles. The second-order valence-electron chi connectivity index (χ2n) is 6.91. The molecule has 10 heteroatoms. The average Bonchev–Trinajstić information content (AvgIpc) is 2.89. The van der Waals surface area contributed by atoms with Gasteiger partial charge in [0.1, 0.15) is 10.4 Å². The van der Waals surface area contributed by atoms with Crippen molar-refractivity contribution in [3.63, 3.8) is 0 Å². The van der Waals surface area contributed by atoms with Gasteiger partial charge in [-0.3, -0.25) is 9.78 Å². The van der Waals surface area contributed by atoms with Crippen molar-refractivity contribution in [3.8, 4) is 6.01 Å². The molecule has 4 rings (SSSR count). The van der Waals surface area contributed by atoms with Crippen LogP contribution in [0, 0.1) is 12.8 Å². The molecule has 1 spiro atoms. The Labute approximate surface area is 156 Å². The molecule has 1 atom stereocenters. The Hall–Kier alpha value is -2.62. The Morgan fingerprint density at radius 3 is 2.81 bits per heavy atom. The highest BCUT2D eigenvalue weighted by atomic mass is 32.2. The van der Waals surface area contributed by atoms with Crippen molar-refractivity contribution in [3.05, 3.63) is 42.2 Å². The molecule has 0 unspecified atom stereocenters. The van der Waals surface area contributed by atoms with E-state index in [1.54, 1.807) is 12.3 Å². The first-order chi connectivity index (χ1) is 12.9. The number of rotatable bonds is 4. The minimum absolute atomic E-state index is 0.100. The lowest BCUT2D eigenvalue weighted by Gasteiger charge is -2.49. The number of aryl methyl sites for hydroxylation is 1. The molecular weight excluding hydrogens is 370 g/mol. The van der Waals surface area contributed by atoms with Crippen molar-refractivity contribution < 1.29 is 17.9 Å². The van der Waals surface area contributed by atoms with Crippen LogP contribution in [0.2, 0.25) is 0 Å². The normalized spacial score (nSPS) is 22.4. The lowest BCUT2D eigenvalue weighted by Crippen LogP contribution is -2.69. The van der Waals surface area contributed by atoms with Gasteiger partial charge in [0.25, 0.3) is 5.91 Å². The number of amides is 1. The third kappa shape index (κ3) is 3.03. The van der Waals surface area contributed by atoms with Gasteiger partial charge in [-0.05, 0) is 19.4 Å². The summed E-state index contributed by atoms with van der Waals surface area (Å²) in [5.41, 5.74) is 0.988. The SMILES string of the molecule is Cc1ccnc(OC[C@H]2CCS(=O)(=O)C23CN(C(=O)c2cnccn2)C3)n1. The van der Waals surface area contributed by atoms with Crippen LogP contribution in [0.1, 0.15) is 22.6 Å². The first kappa shape index (κ1) is 17.8. The molecule has 4 heterocycles. The monoisotopic (exact) mass is 389 g/mol. The zero-order valence-corrected chi connectivity index (χ0v) is 15.6. The molecule has 27 heavy (non-hydrogen) atoms. The minimum atomic E-state index is -3.31. The fourth-order valence-corrected chi connectivity index (χ4v) is 6.09. The highest BCUT2D eigenvalue weighted by Crippen LogP contribution is 2.45. The maximum absolute atomic E-state index is 12.7. The van der Waals surface area contributed by atoms with Crippen LogP contribution in [0.15, 0.2) is 30.9 Å². The van der Waals surface area contributed by atoms with E-state index in [-0.39, 0.29) is 49.0 Å². The number of likely N-dealkylation sites (tertiary alicyclic amines) is 1. The van der Waals surface area contributed by atoms with Crippen LogP contribution in [-0.4, -0.2) is 69.4 Å². The number of sulfone groups is 1. The number of nitrogens with zero attached hydrogens (tertiary/aromatic N) is 5. The van der Waals surface area contributed by atoms with E-state index in [2.05, 4.69) is 19.9 Å². The van der Waals surface area contributed by atoms with Gasteiger partial charge in [-0.25, -0.2) is 23.4 Å². The van der Waals surface area contributed by atoms with Crippen molar-refractivity contribution >= 4 is 15.7 Å². The maximum atomic E-state index is 12.7. The van der Waals surface area contributed by atoms with Gasteiger partial charge >= 0.3 is 6.01 Å². The largest absolute Gasteiger partial charge is 0.463 e. The lowest BCUT2D eigenvalue weighted by molar-refractivity contribution is 0.0397. The fraction of sp³-hybridized carbons (Fsp3) is 0.471. The summed E-state index contributed by atoms with van der Waals surface area (Å²) in [7, 11) is -3.31. The molecule has 0 saturated carbocycles. The van der Waals surface area contributed by atoms with Gasteiger partial charge in [0.05, 0.1) is 18.6 Å². The van der Waals surface area contributed by atoms with Gasteiger partial charge in [-0.15, -0.1) is 0 Å². The van der Waals surface area contributed by atoms with E-state index in [1.165, 1.54) is 23.5 Å². The van der Waals surface area contributed by atoms with Crippen LogP contribution < -0.4 is 4.74 Å². The van der Waals surface area contributed by atoms with E-state index >= 15 is 0 Å². The van der Waals surface area contributed by atoms with Crippen molar-refractivity contribution in [1.29, 1.82) is 0 Å². The van der Waals surface area contributed by atoms with Crippen LogP contribution in [0.3, 0.4) is 0 Å². The molecule has 0 aliphatic carbocycles. The van der Waals surface area contributed by atoms with Crippen LogP contribution in [0.25, 0.3) is 0 Å². The van der Waals surface area contributed by atoms with Crippen LogP contribution in [0.5, 0.6) is 6.01 Å². The quantitative estimate of drug-likeness (QED) is 0.732. The minimum Gasteiger partial charge on any atom is -0.463 e. The Balaban J connectivity index is 1.47. The van der Waals surface area contributed by atoms with Crippen LogP contribution in [-0.2, 0) is 9.84 Å². The number of carbonyl (C=O) groups is 1. The molecule has 1 amide bonds. The number of aromatic nitrogens is 4. The van der Waals surface area contributed by atoms with Gasteiger partial charge in [0.15, 0.2) is 9.84 Å². The summed E-state index contributed by atoms with van der Waals surface area (Å²) >= 11 is 0. The predicted octanol–water partition coefficient (Wildman–Crippen LogP) is 0.283.